The SMILES string of the molecule is CC=C(c1ccccc1)c1cccc(C)c1. The van der Waals surface area contributed by atoms with Crippen molar-refractivity contribution in [2.45, 2.75) is 13.8 Å². The van der Waals surface area contributed by atoms with Gasteiger partial charge >= 0.3 is 0 Å². The Morgan fingerprint density at radius 2 is 1.56 bits per heavy atom. The Bertz CT molecular complexity index is 492. The number of rotatable bonds is 2. The minimum Gasteiger partial charge on any atom is -0.0792 e. The van der Waals surface area contributed by atoms with E-state index >= 15 is 0 Å². The summed E-state index contributed by atoms with van der Waals surface area (Å²) < 4.78 is 0. The van der Waals surface area contributed by atoms with Crippen molar-refractivity contribution in [1.29, 1.82) is 0 Å². The lowest BCUT2D eigenvalue weighted by molar-refractivity contribution is 1.43. The van der Waals surface area contributed by atoms with Gasteiger partial charge < -0.3 is 0 Å². The van der Waals surface area contributed by atoms with Crippen molar-refractivity contribution in [3.63, 3.8) is 0 Å². The van der Waals surface area contributed by atoms with Crippen molar-refractivity contribution in [2.75, 3.05) is 0 Å². The molecule has 0 aliphatic rings. The maximum Gasteiger partial charge on any atom is -0.0154 e. The highest BCUT2D eigenvalue weighted by atomic mass is 14.1. The third-order valence-electron chi connectivity index (χ3n) is 2.70. The number of aryl methyl sites for hydroxylation is 1. The lowest BCUT2D eigenvalue weighted by atomic mass is 9.97. The summed E-state index contributed by atoms with van der Waals surface area (Å²) in [5.74, 6) is 0. The Labute approximate surface area is 97.3 Å². The van der Waals surface area contributed by atoms with E-state index in [9.17, 15) is 0 Å². The summed E-state index contributed by atoms with van der Waals surface area (Å²) in [5, 5.41) is 0. The third kappa shape index (κ3) is 2.22. The fourth-order valence-electron chi connectivity index (χ4n) is 1.93. The second-order valence-electron chi connectivity index (χ2n) is 3.94. The van der Waals surface area contributed by atoms with E-state index in [2.05, 4.69) is 68.5 Å². The van der Waals surface area contributed by atoms with Crippen molar-refractivity contribution in [2.24, 2.45) is 0 Å². The Kier molecular flexibility index (Phi) is 3.21. The second kappa shape index (κ2) is 4.80. The van der Waals surface area contributed by atoms with Crippen LogP contribution in [0, 0.1) is 6.92 Å². The van der Waals surface area contributed by atoms with Gasteiger partial charge in [-0.15, -0.1) is 0 Å². The Morgan fingerprint density at radius 3 is 2.19 bits per heavy atom. The molecular weight excluding hydrogens is 192 g/mol. The topological polar surface area (TPSA) is 0 Å². The van der Waals surface area contributed by atoms with Gasteiger partial charge in [-0.1, -0.05) is 66.2 Å². The van der Waals surface area contributed by atoms with Crippen LogP contribution in [0.4, 0.5) is 0 Å². The van der Waals surface area contributed by atoms with E-state index in [0.29, 0.717) is 0 Å². The van der Waals surface area contributed by atoms with Crippen LogP contribution in [-0.4, -0.2) is 0 Å². The highest BCUT2D eigenvalue weighted by Crippen LogP contribution is 2.23. The Balaban J connectivity index is 2.46. The predicted molar refractivity (Wildman–Crippen MR) is 70.4 cm³/mol. The molecule has 0 saturated heterocycles. The summed E-state index contributed by atoms with van der Waals surface area (Å²) in [6, 6.07) is 19.1. The van der Waals surface area contributed by atoms with E-state index in [1.54, 1.807) is 0 Å². The summed E-state index contributed by atoms with van der Waals surface area (Å²) in [5.41, 5.74) is 5.15. The van der Waals surface area contributed by atoms with Gasteiger partial charge in [0, 0.05) is 0 Å². The van der Waals surface area contributed by atoms with Crippen LogP contribution >= 0.6 is 0 Å². The maximum atomic E-state index is 2.22. The van der Waals surface area contributed by atoms with Crippen LogP contribution in [0.2, 0.25) is 0 Å². The molecule has 0 aliphatic carbocycles. The zero-order valence-electron chi connectivity index (χ0n) is 9.77. The van der Waals surface area contributed by atoms with Crippen LogP contribution in [0.1, 0.15) is 23.6 Å². The number of allylic oxidation sites excluding steroid dienone is 1. The van der Waals surface area contributed by atoms with Gasteiger partial charge in [0.05, 0.1) is 0 Å². The summed E-state index contributed by atoms with van der Waals surface area (Å²) in [6.07, 6.45) is 2.17. The molecule has 0 fully saturated rings. The van der Waals surface area contributed by atoms with Crippen LogP contribution in [0.5, 0.6) is 0 Å². The summed E-state index contributed by atoms with van der Waals surface area (Å²) >= 11 is 0. The number of hydrogen-bond acceptors (Lipinski definition) is 0. The smallest absolute Gasteiger partial charge is 0.0154 e. The molecule has 0 spiro atoms. The second-order valence-corrected chi connectivity index (χ2v) is 3.94. The van der Waals surface area contributed by atoms with Crippen LogP contribution in [0.3, 0.4) is 0 Å². The molecule has 2 rings (SSSR count). The number of hydrogen-bond donors (Lipinski definition) is 0. The highest BCUT2D eigenvalue weighted by molar-refractivity contribution is 5.79. The molecule has 0 atom stereocenters. The molecule has 16 heavy (non-hydrogen) atoms. The molecule has 0 N–H and O–H groups in total. The van der Waals surface area contributed by atoms with Crippen molar-refractivity contribution in [3.05, 3.63) is 77.4 Å². The molecule has 0 bridgehead atoms. The zero-order chi connectivity index (χ0) is 11.4. The van der Waals surface area contributed by atoms with Gasteiger partial charge in [-0.2, -0.15) is 0 Å². The average Bonchev–Trinajstić information content (AvgIpc) is 2.31. The summed E-state index contributed by atoms with van der Waals surface area (Å²) in [7, 11) is 0. The van der Waals surface area contributed by atoms with Crippen molar-refractivity contribution in [3.8, 4) is 0 Å². The van der Waals surface area contributed by atoms with Gasteiger partial charge in [-0.25, -0.2) is 0 Å². The first kappa shape index (κ1) is 10.7. The van der Waals surface area contributed by atoms with E-state index in [4.69, 9.17) is 0 Å². The third-order valence-corrected chi connectivity index (χ3v) is 2.70. The fourth-order valence-corrected chi connectivity index (χ4v) is 1.93. The lowest BCUT2D eigenvalue weighted by Gasteiger charge is -2.08. The van der Waals surface area contributed by atoms with Gasteiger partial charge in [-0.05, 0) is 30.5 Å². The van der Waals surface area contributed by atoms with Gasteiger partial charge in [0.25, 0.3) is 0 Å². The van der Waals surface area contributed by atoms with E-state index in [-0.39, 0.29) is 0 Å². The number of benzene rings is 2. The standard InChI is InChI=1S/C16H16/c1-3-16(14-9-5-4-6-10-14)15-11-7-8-13(2)12-15/h3-12H,1-2H3. The first-order valence-electron chi connectivity index (χ1n) is 5.60. The van der Waals surface area contributed by atoms with Crippen molar-refractivity contribution >= 4 is 5.57 Å². The van der Waals surface area contributed by atoms with Crippen LogP contribution in [-0.2, 0) is 0 Å². The molecule has 0 aromatic heterocycles. The van der Waals surface area contributed by atoms with E-state index < -0.39 is 0 Å². The molecule has 0 aliphatic heterocycles. The zero-order valence-corrected chi connectivity index (χ0v) is 9.77. The lowest BCUT2D eigenvalue weighted by Crippen LogP contribution is -1.87. The first-order valence-corrected chi connectivity index (χ1v) is 5.60. The molecule has 0 heteroatoms. The molecule has 80 valence electrons. The van der Waals surface area contributed by atoms with E-state index in [0.717, 1.165) is 0 Å². The molecule has 0 amide bonds. The summed E-state index contributed by atoms with van der Waals surface area (Å²) in [4.78, 5) is 0. The Hall–Kier alpha value is -1.82. The van der Waals surface area contributed by atoms with E-state index in [1.807, 2.05) is 6.07 Å². The van der Waals surface area contributed by atoms with Gasteiger partial charge in [0.15, 0.2) is 0 Å². The normalized spacial score (nSPS) is 11.5. The minimum absolute atomic E-state index is 1.27. The Morgan fingerprint density at radius 1 is 0.875 bits per heavy atom. The molecular formula is C16H16. The van der Waals surface area contributed by atoms with E-state index in [1.165, 1.54) is 22.3 Å². The monoisotopic (exact) mass is 208 g/mol. The first-order chi connectivity index (χ1) is 7.81. The largest absolute Gasteiger partial charge is 0.0792 e. The van der Waals surface area contributed by atoms with Gasteiger partial charge in [0.1, 0.15) is 0 Å². The average molecular weight is 208 g/mol. The molecule has 0 radical (unpaired) electrons. The quantitative estimate of drug-likeness (QED) is 0.684. The van der Waals surface area contributed by atoms with Crippen LogP contribution in [0.15, 0.2) is 60.7 Å². The van der Waals surface area contributed by atoms with Gasteiger partial charge in [-0.3, -0.25) is 0 Å². The van der Waals surface area contributed by atoms with Crippen molar-refractivity contribution in [1.82, 2.24) is 0 Å². The predicted octanol–water partition coefficient (Wildman–Crippen LogP) is 4.45. The minimum atomic E-state index is 1.27. The molecule has 0 nitrogen and oxygen atoms in total. The molecule has 2 aromatic rings. The molecule has 2 aromatic carbocycles. The molecule has 0 heterocycles. The highest BCUT2D eigenvalue weighted by Gasteiger charge is 2.02. The molecule has 0 unspecified atom stereocenters. The fraction of sp³-hybridized carbons (Fsp3) is 0.125. The van der Waals surface area contributed by atoms with Crippen LogP contribution < -0.4 is 0 Å². The summed E-state index contributed by atoms with van der Waals surface area (Å²) in [6.45, 7) is 4.21. The van der Waals surface area contributed by atoms with Crippen LogP contribution in [0.25, 0.3) is 5.57 Å². The van der Waals surface area contributed by atoms with Gasteiger partial charge in [0.2, 0.25) is 0 Å². The molecule has 0 saturated carbocycles. The maximum absolute atomic E-state index is 2.22. The van der Waals surface area contributed by atoms with Crippen molar-refractivity contribution < 1.29 is 0 Å².